The highest BCUT2D eigenvalue weighted by atomic mass is 35.5. The average molecular weight is 413 g/mol. The molecule has 2 heterocycles. The lowest BCUT2D eigenvalue weighted by Crippen LogP contribution is -2.34. The van der Waals surface area contributed by atoms with Gasteiger partial charge in [-0.3, -0.25) is 14.9 Å². The Morgan fingerprint density at radius 3 is 2.73 bits per heavy atom. The van der Waals surface area contributed by atoms with Gasteiger partial charge in [0.05, 0.1) is 10.0 Å². The van der Waals surface area contributed by atoms with E-state index < -0.39 is 0 Å². The first kappa shape index (κ1) is 19.1. The van der Waals surface area contributed by atoms with Crippen molar-refractivity contribution in [2.45, 2.75) is 12.5 Å². The van der Waals surface area contributed by atoms with Crippen LogP contribution in [0, 0.1) is 0 Å². The van der Waals surface area contributed by atoms with Crippen molar-refractivity contribution in [3.8, 4) is 0 Å². The summed E-state index contributed by atoms with van der Waals surface area (Å²) in [6.45, 7) is 1.40. The molecule has 2 amide bonds. The topological polar surface area (TPSA) is 65.5 Å². The number of likely N-dealkylation sites (tertiary alicyclic amines) is 1. The quantitative estimate of drug-likeness (QED) is 0.834. The summed E-state index contributed by atoms with van der Waals surface area (Å²) in [5.74, 6) is -0.466. The molecule has 9 heteroatoms. The van der Waals surface area contributed by atoms with Crippen molar-refractivity contribution in [2.75, 3.05) is 32.5 Å². The summed E-state index contributed by atoms with van der Waals surface area (Å²) in [5, 5.41) is 5.40. The Kier molecular flexibility index (Phi) is 5.82. The SMILES string of the molecule is CN(C)C1CCN(C(=O)c2csc(NC(=O)c3ccc(Cl)c(Cl)c3)n2)C1. The van der Waals surface area contributed by atoms with Crippen LogP contribution >= 0.6 is 34.5 Å². The molecule has 1 aliphatic heterocycles. The van der Waals surface area contributed by atoms with E-state index in [0.717, 1.165) is 6.42 Å². The Morgan fingerprint density at radius 1 is 1.31 bits per heavy atom. The van der Waals surface area contributed by atoms with Gasteiger partial charge in [-0.2, -0.15) is 0 Å². The van der Waals surface area contributed by atoms with E-state index in [0.29, 0.717) is 45.6 Å². The van der Waals surface area contributed by atoms with E-state index in [1.165, 1.54) is 17.4 Å². The number of carbonyl (C=O) groups excluding carboxylic acids is 2. The number of hydrogen-bond donors (Lipinski definition) is 1. The molecule has 6 nitrogen and oxygen atoms in total. The summed E-state index contributed by atoms with van der Waals surface area (Å²) in [5.41, 5.74) is 0.717. The minimum Gasteiger partial charge on any atom is -0.336 e. The van der Waals surface area contributed by atoms with Gasteiger partial charge in [-0.15, -0.1) is 11.3 Å². The number of hydrogen-bond acceptors (Lipinski definition) is 5. The van der Waals surface area contributed by atoms with Crippen molar-refractivity contribution in [2.24, 2.45) is 0 Å². The minimum absolute atomic E-state index is 0.111. The zero-order chi connectivity index (χ0) is 18.8. The minimum atomic E-state index is -0.356. The second-order valence-electron chi connectivity index (χ2n) is 6.28. The number of thiazole rings is 1. The molecular formula is C17H18Cl2N4O2S. The number of nitrogens with one attached hydrogen (secondary N) is 1. The molecule has 0 saturated carbocycles. The summed E-state index contributed by atoms with van der Waals surface area (Å²) in [6, 6.07) is 5.00. The second kappa shape index (κ2) is 7.92. The average Bonchev–Trinajstić information content (AvgIpc) is 3.26. The maximum absolute atomic E-state index is 12.6. The highest BCUT2D eigenvalue weighted by Crippen LogP contribution is 2.24. The van der Waals surface area contributed by atoms with Crippen LogP contribution < -0.4 is 5.32 Å². The molecule has 1 aromatic carbocycles. The number of carbonyl (C=O) groups is 2. The van der Waals surface area contributed by atoms with Crippen molar-refractivity contribution in [3.63, 3.8) is 0 Å². The molecule has 1 aromatic heterocycles. The Labute approximate surface area is 165 Å². The number of halogens is 2. The van der Waals surface area contributed by atoms with Crippen LogP contribution in [0.3, 0.4) is 0 Å². The van der Waals surface area contributed by atoms with E-state index in [2.05, 4.69) is 15.2 Å². The van der Waals surface area contributed by atoms with Crippen LogP contribution in [0.2, 0.25) is 10.0 Å². The maximum atomic E-state index is 12.6. The molecule has 1 saturated heterocycles. The van der Waals surface area contributed by atoms with Gasteiger partial charge in [0.15, 0.2) is 5.13 Å². The van der Waals surface area contributed by atoms with Gasteiger partial charge < -0.3 is 9.80 Å². The van der Waals surface area contributed by atoms with Crippen LogP contribution in [-0.2, 0) is 0 Å². The van der Waals surface area contributed by atoms with Gasteiger partial charge in [0.2, 0.25) is 0 Å². The van der Waals surface area contributed by atoms with E-state index >= 15 is 0 Å². The van der Waals surface area contributed by atoms with Crippen molar-refractivity contribution >= 4 is 51.5 Å². The highest BCUT2D eigenvalue weighted by Gasteiger charge is 2.29. The molecule has 0 radical (unpaired) electrons. The van der Waals surface area contributed by atoms with Crippen LogP contribution in [0.1, 0.15) is 27.3 Å². The standard InChI is InChI=1S/C17H18Cl2N4O2S/c1-22(2)11-5-6-23(8-11)16(25)14-9-26-17(20-14)21-15(24)10-3-4-12(18)13(19)7-10/h3-4,7,9,11H,5-6,8H2,1-2H3,(H,20,21,24). The number of rotatable bonds is 4. The second-order valence-corrected chi connectivity index (χ2v) is 7.95. The number of likely N-dealkylation sites (N-methyl/N-ethyl adjacent to an activating group) is 1. The third kappa shape index (κ3) is 4.17. The van der Waals surface area contributed by atoms with Gasteiger partial charge in [0.1, 0.15) is 5.69 Å². The summed E-state index contributed by atoms with van der Waals surface area (Å²) in [7, 11) is 4.02. The largest absolute Gasteiger partial charge is 0.336 e. The van der Waals surface area contributed by atoms with Crippen molar-refractivity contribution < 1.29 is 9.59 Å². The van der Waals surface area contributed by atoms with E-state index in [9.17, 15) is 9.59 Å². The third-order valence-corrected chi connectivity index (χ3v) is 5.80. The van der Waals surface area contributed by atoms with E-state index in [1.54, 1.807) is 22.4 Å². The first-order valence-corrected chi connectivity index (χ1v) is 9.66. The lowest BCUT2D eigenvalue weighted by molar-refractivity contribution is 0.0777. The molecule has 2 aromatic rings. The first-order valence-electron chi connectivity index (χ1n) is 8.03. The molecule has 1 N–H and O–H groups in total. The van der Waals surface area contributed by atoms with E-state index in [-0.39, 0.29) is 11.8 Å². The lowest BCUT2D eigenvalue weighted by atomic mass is 10.2. The normalized spacial score (nSPS) is 17.0. The van der Waals surface area contributed by atoms with Gasteiger partial charge in [0.25, 0.3) is 11.8 Å². The number of benzene rings is 1. The summed E-state index contributed by atoms with van der Waals surface area (Å²) >= 11 is 13.0. The van der Waals surface area contributed by atoms with Crippen LogP contribution in [0.15, 0.2) is 23.6 Å². The number of nitrogens with zero attached hydrogens (tertiary/aromatic N) is 3. The lowest BCUT2D eigenvalue weighted by Gasteiger charge is -2.19. The molecule has 0 bridgehead atoms. The first-order chi connectivity index (χ1) is 12.3. The van der Waals surface area contributed by atoms with Gasteiger partial charge in [-0.05, 0) is 38.7 Å². The Balaban J connectivity index is 1.65. The fraction of sp³-hybridized carbons (Fsp3) is 0.353. The third-order valence-electron chi connectivity index (χ3n) is 4.31. The summed E-state index contributed by atoms with van der Waals surface area (Å²) in [4.78, 5) is 33.0. The molecule has 1 aliphatic rings. The predicted molar refractivity (Wildman–Crippen MR) is 105 cm³/mol. The Bertz CT molecular complexity index is 840. The predicted octanol–water partition coefficient (Wildman–Crippen LogP) is 3.48. The van der Waals surface area contributed by atoms with E-state index in [1.807, 2.05) is 14.1 Å². The Morgan fingerprint density at radius 2 is 2.08 bits per heavy atom. The summed E-state index contributed by atoms with van der Waals surface area (Å²) < 4.78 is 0. The zero-order valence-electron chi connectivity index (χ0n) is 14.3. The van der Waals surface area contributed by atoms with Gasteiger partial charge in [0, 0.05) is 30.1 Å². The fourth-order valence-corrected chi connectivity index (χ4v) is 3.72. The zero-order valence-corrected chi connectivity index (χ0v) is 16.7. The Hall–Kier alpha value is -1.67. The van der Waals surface area contributed by atoms with Crippen molar-refractivity contribution in [3.05, 3.63) is 44.9 Å². The molecule has 1 fully saturated rings. The maximum Gasteiger partial charge on any atom is 0.273 e. The van der Waals surface area contributed by atoms with Gasteiger partial charge in [-0.1, -0.05) is 23.2 Å². The molecule has 1 atom stereocenters. The smallest absolute Gasteiger partial charge is 0.273 e. The van der Waals surface area contributed by atoms with Crippen LogP contribution in [0.25, 0.3) is 0 Å². The van der Waals surface area contributed by atoms with Crippen molar-refractivity contribution in [1.82, 2.24) is 14.8 Å². The van der Waals surface area contributed by atoms with Crippen LogP contribution in [-0.4, -0.2) is 59.8 Å². The van der Waals surface area contributed by atoms with Crippen molar-refractivity contribution in [1.29, 1.82) is 0 Å². The molecule has 26 heavy (non-hydrogen) atoms. The monoisotopic (exact) mass is 412 g/mol. The number of amides is 2. The van der Waals surface area contributed by atoms with Gasteiger partial charge >= 0.3 is 0 Å². The number of anilines is 1. The van der Waals surface area contributed by atoms with Crippen LogP contribution in [0.5, 0.6) is 0 Å². The molecule has 1 unspecified atom stereocenters. The molecule has 3 rings (SSSR count). The number of aromatic nitrogens is 1. The molecule has 0 spiro atoms. The van der Waals surface area contributed by atoms with E-state index in [4.69, 9.17) is 23.2 Å². The van der Waals surface area contributed by atoms with Gasteiger partial charge in [-0.25, -0.2) is 4.98 Å². The summed E-state index contributed by atoms with van der Waals surface area (Å²) in [6.07, 6.45) is 0.948. The van der Waals surface area contributed by atoms with Crippen LogP contribution in [0.4, 0.5) is 5.13 Å². The fourth-order valence-electron chi connectivity index (χ4n) is 2.75. The molecule has 0 aliphatic carbocycles. The molecule has 138 valence electrons. The molecular weight excluding hydrogens is 395 g/mol. The highest BCUT2D eigenvalue weighted by molar-refractivity contribution is 7.14.